The number of nitrogens with zero attached hydrogens (tertiary/aromatic N) is 4. The van der Waals surface area contributed by atoms with E-state index in [9.17, 15) is 9.18 Å². The van der Waals surface area contributed by atoms with Crippen molar-refractivity contribution in [3.05, 3.63) is 71.1 Å². The van der Waals surface area contributed by atoms with Crippen LogP contribution in [0, 0.1) is 5.82 Å². The Morgan fingerprint density at radius 3 is 2.70 bits per heavy atom. The SMILES string of the molecule is O=C(CCc1ccc(Cl)c(F)c1)N1CC(n2cc(-c3ccccc3)nn2)C1. The van der Waals surface area contributed by atoms with Gasteiger partial charge in [0.15, 0.2) is 0 Å². The van der Waals surface area contributed by atoms with Gasteiger partial charge in [0.25, 0.3) is 0 Å². The number of carbonyl (C=O) groups is 1. The van der Waals surface area contributed by atoms with Gasteiger partial charge in [-0.25, -0.2) is 9.07 Å². The van der Waals surface area contributed by atoms with Crippen LogP contribution in [0.2, 0.25) is 5.02 Å². The van der Waals surface area contributed by atoms with E-state index in [0.29, 0.717) is 25.9 Å². The van der Waals surface area contributed by atoms with Gasteiger partial charge in [-0.1, -0.05) is 53.2 Å². The molecule has 1 amide bonds. The summed E-state index contributed by atoms with van der Waals surface area (Å²) in [6.45, 7) is 1.23. The van der Waals surface area contributed by atoms with E-state index in [4.69, 9.17) is 11.6 Å². The van der Waals surface area contributed by atoms with Gasteiger partial charge in [-0.3, -0.25) is 4.79 Å². The predicted octanol–water partition coefficient (Wildman–Crippen LogP) is 3.75. The maximum Gasteiger partial charge on any atom is 0.223 e. The minimum atomic E-state index is -0.453. The molecule has 4 rings (SSSR count). The standard InChI is InChI=1S/C20H18ClFN4O/c21-17-8-6-14(10-18(17)22)7-9-20(27)25-11-16(12-25)26-13-19(23-24-26)15-4-2-1-3-5-15/h1-6,8,10,13,16H,7,9,11-12H2. The number of rotatable bonds is 5. The number of carbonyl (C=O) groups excluding carboxylic acids is 1. The van der Waals surface area contributed by atoms with Gasteiger partial charge in [0, 0.05) is 25.1 Å². The van der Waals surface area contributed by atoms with Crippen LogP contribution < -0.4 is 0 Å². The van der Waals surface area contributed by atoms with Crippen molar-refractivity contribution in [2.45, 2.75) is 18.9 Å². The van der Waals surface area contributed by atoms with Gasteiger partial charge < -0.3 is 4.90 Å². The first-order valence-corrected chi connectivity index (χ1v) is 9.17. The van der Waals surface area contributed by atoms with E-state index in [0.717, 1.165) is 16.8 Å². The lowest BCUT2D eigenvalue weighted by atomic mass is 10.1. The Hall–Kier alpha value is -2.73. The average Bonchev–Trinajstić information content (AvgIpc) is 3.12. The summed E-state index contributed by atoms with van der Waals surface area (Å²) in [5, 5.41) is 8.50. The van der Waals surface area contributed by atoms with Crippen LogP contribution in [0.1, 0.15) is 18.0 Å². The maximum atomic E-state index is 13.5. The first kappa shape index (κ1) is 17.7. The minimum absolute atomic E-state index is 0.0602. The van der Waals surface area contributed by atoms with Gasteiger partial charge in [0.1, 0.15) is 11.5 Å². The highest BCUT2D eigenvalue weighted by Gasteiger charge is 2.32. The fourth-order valence-electron chi connectivity index (χ4n) is 3.13. The number of halogens is 2. The van der Waals surface area contributed by atoms with Gasteiger partial charge in [0.2, 0.25) is 5.91 Å². The molecule has 1 fully saturated rings. The molecule has 0 spiro atoms. The summed E-state index contributed by atoms with van der Waals surface area (Å²) in [7, 11) is 0. The highest BCUT2D eigenvalue weighted by Crippen LogP contribution is 2.24. The van der Waals surface area contributed by atoms with Crippen LogP contribution >= 0.6 is 11.6 Å². The molecule has 0 bridgehead atoms. The summed E-state index contributed by atoms with van der Waals surface area (Å²) in [5.74, 6) is -0.393. The zero-order valence-electron chi connectivity index (χ0n) is 14.6. The van der Waals surface area contributed by atoms with Crippen LogP contribution in [0.4, 0.5) is 4.39 Å². The van der Waals surface area contributed by atoms with Crippen LogP contribution in [-0.4, -0.2) is 38.9 Å². The van der Waals surface area contributed by atoms with Crippen molar-refractivity contribution in [3.63, 3.8) is 0 Å². The van der Waals surface area contributed by atoms with E-state index >= 15 is 0 Å². The fraction of sp³-hybridized carbons (Fsp3) is 0.250. The van der Waals surface area contributed by atoms with E-state index in [1.165, 1.54) is 12.1 Å². The Morgan fingerprint density at radius 1 is 1.19 bits per heavy atom. The highest BCUT2D eigenvalue weighted by molar-refractivity contribution is 6.30. The summed E-state index contributed by atoms with van der Waals surface area (Å²) in [6, 6.07) is 14.7. The molecule has 2 aromatic carbocycles. The summed E-state index contributed by atoms with van der Waals surface area (Å²) >= 11 is 5.68. The van der Waals surface area contributed by atoms with E-state index in [2.05, 4.69) is 10.3 Å². The van der Waals surface area contributed by atoms with Gasteiger partial charge >= 0.3 is 0 Å². The molecule has 138 valence electrons. The summed E-state index contributed by atoms with van der Waals surface area (Å²) < 4.78 is 15.3. The lowest BCUT2D eigenvalue weighted by molar-refractivity contribution is -0.137. The molecular weight excluding hydrogens is 367 g/mol. The number of aromatic nitrogens is 3. The van der Waals surface area contributed by atoms with Crippen molar-refractivity contribution in [2.24, 2.45) is 0 Å². The molecule has 0 saturated carbocycles. The molecule has 0 radical (unpaired) electrons. The van der Waals surface area contributed by atoms with Crippen LogP contribution in [0.25, 0.3) is 11.3 Å². The molecule has 0 atom stereocenters. The quantitative estimate of drug-likeness (QED) is 0.673. The number of hydrogen-bond acceptors (Lipinski definition) is 3. The smallest absolute Gasteiger partial charge is 0.223 e. The summed E-state index contributed by atoms with van der Waals surface area (Å²) in [4.78, 5) is 14.1. The number of aryl methyl sites for hydroxylation is 1. The van der Waals surface area contributed by atoms with Crippen LogP contribution in [0.15, 0.2) is 54.7 Å². The number of hydrogen-bond donors (Lipinski definition) is 0. The summed E-state index contributed by atoms with van der Waals surface area (Å²) in [6.07, 6.45) is 2.76. The molecule has 1 aromatic heterocycles. The van der Waals surface area contributed by atoms with Crippen molar-refractivity contribution < 1.29 is 9.18 Å². The second kappa shape index (κ2) is 7.48. The first-order chi connectivity index (χ1) is 13.1. The van der Waals surface area contributed by atoms with Gasteiger partial charge in [-0.15, -0.1) is 5.10 Å². The molecule has 7 heteroatoms. The Morgan fingerprint density at radius 2 is 1.96 bits per heavy atom. The zero-order valence-corrected chi connectivity index (χ0v) is 15.3. The molecule has 1 aliphatic rings. The van der Waals surface area contributed by atoms with Crippen LogP contribution in [0.3, 0.4) is 0 Å². The van der Waals surface area contributed by atoms with Crippen LogP contribution in [0.5, 0.6) is 0 Å². The minimum Gasteiger partial charge on any atom is -0.338 e. The molecule has 3 aromatic rings. The van der Waals surface area contributed by atoms with Crippen LogP contribution in [-0.2, 0) is 11.2 Å². The first-order valence-electron chi connectivity index (χ1n) is 8.79. The molecule has 27 heavy (non-hydrogen) atoms. The Bertz CT molecular complexity index is 954. The van der Waals surface area contributed by atoms with Gasteiger partial charge in [-0.05, 0) is 24.1 Å². The normalized spacial score (nSPS) is 14.2. The predicted molar refractivity (Wildman–Crippen MR) is 101 cm³/mol. The summed E-state index contributed by atoms with van der Waals surface area (Å²) in [5.41, 5.74) is 2.61. The highest BCUT2D eigenvalue weighted by atomic mass is 35.5. The Balaban J connectivity index is 1.29. The molecular formula is C20H18ClFN4O. The van der Waals surface area contributed by atoms with E-state index in [1.807, 2.05) is 41.2 Å². The van der Waals surface area contributed by atoms with Crippen molar-refractivity contribution in [2.75, 3.05) is 13.1 Å². The zero-order chi connectivity index (χ0) is 18.8. The van der Waals surface area contributed by atoms with E-state index < -0.39 is 5.82 Å². The van der Waals surface area contributed by atoms with Crippen molar-refractivity contribution in [3.8, 4) is 11.3 Å². The molecule has 0 aliphatic carbocycles. The average molecular weight is 385 g/mol. The second-order valence-corrected chi connectivity index (χ2v) is 7.06. The maximum absolute atomic E-state index is 13.5. The third-order valence-corrected chi connectivity index (χ3v) is 5.09. The van der Waals surface area contributed by atoms with Crippen molar-refractivity contribution in [1.29, 1.82) is 0 Å². The molecule has 1 saturated heterocycles. The number of amides is 1. The molecule has 0 unspecified atom stereocenters. The van der Waals surface area contributed by atoms with E-state index in [-0.39, 0.29) is 17.0 Å². The largest absolute Gasteiger partial charge is 0.338 e. The topological polar surface area (TPSA) is 51.0 Å². The number of likely N-dealkylation sites (tertiary alicyclic amines) is 1. The molecule has 0 N–H and O–H groups in total. The third kappa shape index (κ3) is 3.85. The third-order valence-electron chi connectivity index (χ3n) is 4.78. The molecule has 2 heterocycles. The van der Waals surface area contributed by atoms with Crippen molar-refractivity contribution >= 4 is 17.5 Å². The molecule has 5 nitrogen and oxygen atoms in total. The lowest BCUT2D eigenvalue weighted by Gasteiger charge is -2.39. The van der Waals surface area contributed by atoms with Crippen molar-refractivity contribution in [1.82, 2.24) is 19.9 Å². The monoisotopic (exact) mass is 384 g/mol. The fourth-order valence-corrected chi connectivity index (χ4v) is 3.24. The lowest BCUT2D eigenvalue weighted by Crippen LogP contribution is -2.50. The van der Waals surface area contributed by atoms with Gasteiger partial charge in [0.05, 0.1) is 17.3 Å². The van der Waals surface area contributed by atoms with E-state index in [1.54, 1.807) is 11.0 Å². The number of benzene rings is 2. The van der Waals surface area contributed by atoms with Gasteiger partial charge in [-0.2, -0.15) is 0 Å². The Kier molecular flexibility index (Phi) is 4.90. The second-order valence-electron chi connectivity index (χ2n) is 6.65. The Labute approximate surface area is 161 Å². The molecule has 1 aliphatic heterocycles.